The van der Waals surface area contributed by atoms with E-state index in [0.717, 1.165) is 23.7 Å². The van der Waals surface area contributed by atoms with Gasteiger partial charge in [-0.05, 0) is 38.1 Å². The Hall–Kier alpha value is -1.66. The van der Waals surface area contributed by atoms with Crippen LogP contribution < -0.4 is 10.0 Å². The molecule has 2 N–H and O–H groups in total. The first-order chi connectivity index (χ1) is 10.1. The van der Waals surface area contributed by atoms with E-state index in [2.05, 4.69) is 21.9 Å². The Morgan fingerprint density at radius 2 is 2.05 bits per heavy atom. The van der Waals surface area contributed by atoms with Gasteiger partial charge in [0.25, 0.3) is 0 Å². The molecule has 0 aliphatic carbocycles. The molecule has 0 atom stereocenters. The number of nitrogens with one attached hydrogen (secondary N) is 2. The Kier molecular flexibility index (Phi) is 5.52. The minimum Gasteiger partial charge on any atom is -0.317 e. The Labute approximate surface area is 125 Å². The smallest absolute Gasteiger partial charge is 0.232 e. The average Bonchev–Trinajstić information content (AvgIpc) is 2.47. The second kappa shape index (κ2) is 7.38. The number of aromatic nitrogens is 1. The van der Waals surface area contributed by atoms with E-state index in [1.165, 1.54) is 0 Å². The Bertz CT molecular complexity index is 681. The van der Waals surface area contributed by atoms with Crippen LogP contribution in [0, 0.1) is 0 Å². The van der Waals surface area contributed by atoms with E-state index in [1.807, 2.05) is 18.2 Å². The average molecular weight is 307 g/mol. The van der Waals surface area contributed by atoms with Gasteiger partial charge in [-0.2, -0.15) is 0 Å². The number of anilines is 1. The fraction of sp³-hybridized carbons (Fsp3) is 0.400. The molecule has 0 radical (unpaired) electrons. The minimum atomic E-state index is -3.32. The molecule has 114 valence electrons. The normalized spacial score (nSPS) is 11.7. The molecule has 6 heteroatoms. The van der Waals surface area contributed by atoms with Gasteiger partial charge < -0.3 is 5.32 Å². The van der Waals surface area contributed by atoms with Crippen LogP contribution in [-0.2, 0) is 10.0 Å². The highest BCUT2D eigenvalue weighted by molar-refractivity contribution is 7.92. The van der Waals surface area contributed by atoms with Gasteiger partial charge in [0.2, 0.25) is 10.0 Å². The first-order valence-electron chi connectivity index (χ1n) is 7.16. The van der Waals surface area contributed by atoms with E-state index < -0.39 is 10.0 Å². The third-order valence-corrected chi connectivity index (χ3v) is 4.50. The molecule has 5 nitrogen and oxygen atoms in total. The van der Waals surface area contributed by atoms with Crippen LogP contribution in [0.25, 0.3) is 10.8 Å². The summed E-state index contributed by atoms with van der Waals surface area (Å²) in [5.74, 6) is 0.116. The topological polar surface area (TPSA) is 71.1 Å². The number of benzene rings is 1. The van der Waals surface area contributed by atoms with E-state index >= 15 is 0 Å². The summed E-state index contributed by atoms with van der Waals surface area (Å²) < 4.78 is 26.9. The number of nitrogens with zero attached hydrogens (tertiary/aromatic N) is 1. The summed E-state index contributed by atoms with van der Waals surface area (Å²) in [6, 6.07) is 7.32. The second-order valence-corrected chi connectivity index (χ2v) is 6.77. The van der Waals surface area contributed by atoms with Gasteiger partial charge in [0.1, 0.15) is 0 Å². The molecule has 0 fully saturated rings. The van der Waals surface area contributed by atoms with Crippen molar-refractivity contribution in [1.82, 2.24) is 10.3 Å². The van der Waals surface area contributed by atoms with Crippen molar-refractivity contribution in [2.75, 3.05) is 23.6 Å². The predicted molar refractivity (Wildman–Crippen MR) is 86.9 cm³/mol. The van der Waals surface area contributed by atoms with E-state index in [4.69, 9.17) is 0 Å². The monoisotopic (exact) mass is 307 g/mol. The molecule has 0 spiro atoms. The highest BCUT2D eigenvalue weighted by atomic mass is 32.2. The van der Waals surface area contributed by atoms with Crippen LogP contribution in [-0.4, -0.2) is 32.2 Å². The van der Waals surface area contributed by atoms with E-state index in [0.29, 0.717) is 18.7 Å². The summed E-state index contributed by atoms with van der Waals surface area (Å²) >= 11 is 0. The van der Waals surface area contributed by atoms with Crippen LogP contribution in [0.1, 0.15) is 19.8 Å². The zero-order chi connectivity index (χ0) is 15.1. The van der Waals surface area contributed by atoms with Gasteiger partial charge in [-0.1, -0.05) is 19.1 Å². The SMILES string of the molecule is CCCNCCCS(=O)(=O)Nc1cccc2cnccc12. The molecule has 0 aliphatic heterocycles. The van der Waals surface area contributed by atoms with Crippen molar-refractivity contribution in [2.24, 2.45) is 0 Å². The molecule has 0 amide bonds. The molecule has 0 aliphatic rings. The quantitative estimate of drug-likeness (QED) is 0.735. The summed E-state index contributed by atoms with van der Waals surface area (Å²) in [4.78, 5) is 4.04. The maximum Gasteiger partial charge on any atom is 0.232 e. The molecular formula is C15H21N3O2S. The van der Waals surface area contributed by atoms with Crippen LogP contribution >= 0.6 is 0 Å². The van der Waals surface area contributed by atoms with Crippen LogP contribution in [0.15, 0.2) is 36.7 Å². The molecule has 0 saturated heterocycles. The summed E-state index contributed by atoms with van der Waals surface area (Å²) in [5, 5.41) is 4.98. The number of hydrogen-bond acceptors (Lipinski definition) is 4. The lowest BCUT2D eigenvalue weighted by molar-refractivity contribution is 0.593. The maximum atomic E-state index is 12.1. The van der Waals surface area contributed by atoms with Crippen molar-refractivity contribution in [3.63, 3.8) is 0 Å². The van der Waals surface area contributed by atoms with Gasteiger partial charge in [0.15, 0.2) is 0 Å². The fourth-order valence-electron chi connectivity index (χ4n) is 2.12. The number of rotatable bonds is 8. The largest absolute Gasteiger partial charge is 0.317 e. The second-order valence-electron chi connectivity index (χ2n) is 4.93. The van der Waals surface area contributed by atoms with Crippen LogP contribution in [0.2, 0.25) is 0 Å². The van der Waals surface area contributed by atoms with Gasteiger partial charge in [-0.3, -0.25) is 9.71 Å². The molecule has 1 aromatic carbocycles. The van der Waals surface area contributed by atoms with Crippen molar-refractivity contribution in [3.05, 3.63) is 36.7 Å². The van der Waals surface area contributed by atoms with E-state index in [1.54, 1.807) is 18.5 Å². The lowest BCUT2D eigenvalue weighted by Crippen LogP contribution is -2.22. The van der Waals surface area contributed by atoms with Crippen LogP contribution in [0.4, 0.5) is 5.69 Å². The zero-order valence-corrected chi connectivity index (χ0v) is 13.0. The molecular weight excluding hydrogens is 286 g/mol. The highest BCUT2D eigenvalue weighted by Crippen LogP contribution is 2.23. The molecule has 1 heterocycles. The molecule has 21 heavy (non-hydrogen) atoms. The van der Waals surface area contributed by atoms with Gasteiger partial charge in [-0.25, -0.2) is 8.42 Å². The lowest BCUT2D eigenvalue weighted by Gasteiger charge is -2.10. The summed E-state index contributed by atoms with van der Waals surface area (Å²) in [6.07, 6.45) is 5.04. The Morgan fingerprint density at radius 3 is 2.86 bits per heavy atom. The van der Waals surface area contributed by atoms with Crippen LogP contribution in [0.5, 0.6) is 0 Å². The molecule has 1 aromatic heterocycles. The van der Waals surface area contributed by atoms with E-state index in [9.17, 15) is 8.42 Å². The van der Waals surface area contributed by atoms with Gasteiger partial charge in [-0.15, -0.1) is 0 Å². The first-order valence-corrected chi connectivity index (χ1v) is 8.81. The number of sulfonamides is 1. The molecule has 2 aromatic rings. The van der Waals surface area contributed by atoms with Crippen molar-refractivity contribution in [1.29, 1.82) is 0 Å². The van der Waals surface area contributed by atoms with Crippen molar-refractivity contribution in [3.8, 4) is 0 Å². The minimum absolute atomic E-state index is 0.116. The maximum absolute atomic E-state index is 12.1. The third kappa shape index (κ3) is 4.68. The number of fused-ring (bicyclic) bond motifs is 1. The molecule has 2 rings (SSSR count). The van der Waals surface area contributed by atoms with Gasteiger partial charge in [0, 0.05) is 23.2 Å². The number of hydrogen-bond donors (Lipinski definition) is 2. The van der Waals surface area contributed by atoms with E-state index in [-0.39, 0.29) is 5.75 Å². The van der Waals surface area contributed by atoms with Crippen molar-refractivity contribution in [2.45, 2.75) is 19.8 Å². The zero-order valence-electron chi connectivity index (χ0n) is 12.2. The molecule has 0 unspecified atom stereocenters. The summed E-state index contributed by atoms with van der Waals surface area (Å²) in [7, 11) is -3.32. The van der Waals surface area contributed by atoms with Gasteiger partial charge in [0.05, 0.1) is 11.4 Å². The first kappa shape index (κ1) is 15.7. The third-order valence-electron chi connectivity index (χ3n) is 3.14. The Morgan fingerprint density at radius 1 is 1.19 bits per heavy atom. The van der Waals surface area contributed by atoms with Gasteiger partial charge >= 0.3 is 0 Å². The molecule has 0 bridgehead atoms. The standard InChI is InChI=1S/C15H21N3O2S/c1-2-8-16-9-4-11-21(19,20)18-15-6-3-5-13-12-17-10-7-14(13)15/h3,5-7,10,12,16,18H,2,4,8-9,11H2,1H3. The lowest BCUT2D eigenvalue weighted by atomic mass is 10.1. The highest BCUT2D eigenvalue weighted by Gasteiger charge is 2.11. The van der Waals surface area contributed by atoms with Crippen molar-refractivity contribution >= 4 is 26.5 Å². The summed E-state index contributed by atoms with van der Waals surface area (Å²) in [5.41, 5.74) is 0.608. The predicted octanol–water partition coefficient (Wildman–Crippen LogP) is 2.37. The molecule has 0 saturated carbocycles. The fourth-order valence-corrected chi connectivity index (χ4v) is 3.26. The van der Waals surface area contributed by atoms with Crippen molar-refractivity contribution < 1.29 is 8.42 Å². The number of pyridine rings is 1. The van der Waals surface area contributed by atoms with Crippen LogP contribution in [0.3, 0.4) is 0 Å². The summed E-state index contributed by atoms with van der Waals surface area (Å²) in [6.45, 7) is 3.72. The Balaban J connectivity index is 2.02.